The highest BCUT2D eigenvalue weighted by Gasteiger charge is 2.30. The summed E-state index contributed by atoms with van der Waals surface area (Å²) < 4.78 is 26.1. The molecule has 1 fully saturated rings. The fourth-order valence-electron chi connectivity index (χ4n) is 1.54. The summed E-state index contributed by atoms with van der Waals surface area (Å²) in [6.45, 7) is -0.249. The summed E-state index contributed by atoms with van der Waals surface area (Å²) in [5.74, 6) is -3.76. The quantitative estimate of drug-likeness (QED) is 0.727. The molecule has 4 nitrogen and oxygen atoms in total. The van der Waals surface area contributed by atoms with Crippen molar-refractivity contribution in [3.8, 4) is 5.75 Å². The summed E-state index contributed by atoms with van der Waals surface area (Å²) in [4.78, 5) is 23.2. The van der Waals surface area contributed by atoms with Crippen LogP contribution in [0.3, 0.4) is 0 Å². The highest BCUT2D eigenvalue weighted by atomic mass is 19.1. The zero-order valence-corrected chi connectivity index (χ0v) is 8.04. The number of Topliss-reactive ketones (excluding diaryl/α,β-unsaturated/α-hetero) is 1. The largest absolute Gasteiger partial charge is 0.505 e. The van der Waals surface area contributed by atoms with Crippen molar-refractivity contribution in [3.63, 3.8) is 0 Å². The Kier molecular flexibility index (Phi) is 2.34. The number of nitrogens with zero attached hydrogens (tertiary/aromatic N) is 1. The normalized spacial score (nSPS) is 16.0. The number of carbonyl (C=O) groups is 2. The van der Waals surface area contributed by atoms with E-state index in [-0.39, 0.29) is 24.4 Å². The van der Waals surface area contributed by atoms with Gasteiger partial charge in [-0.05, 0) is 0 Å². The van der Waals surface area contributed by atoms with Gasteiger partial charge in [-0.2, -0.15) is 0 Å². The number of ketones is 1. The van der Waals surface area contributed by atoms with Gasteiger partial charge in [-0.1, -0.05) is 0 Å². The van der Waals surface area contributed by atoms with Crippen LogP contribution < -0.4 is 4.90 Å². The number of carbonyl (C=O) groups excluding carboxylic acids is 2. The number of halogens is 2. The van der Waals surface area contributed by atoms with Crippen LogP contribution in [0.4, 0.5) is 14.5 Å². The monoisotopic (exact) mass is 227 g/mol. The molecule has 1 aromatic rings. The Bertz CT molecular complexity index is 487. The van der Waals surface area contributed by atoms with E-state index in [0.29, 0.717) is 6.07 Å². The Balaban J connectivity index is 2.45. The van der Waals surface area contributed by atoms with Crippen LogP contribution in [0.15, 0.2) is 12.1 Å². The van der Waals surface area contributed by atoms with Gasteiger partial charge in [0, 0.05) is 12.1 Å². The van der Waals surface area contributed by atoms with E-state index in [1.54, 1.807) is 0 Å². The lowest BCUT2D eigenvalue weighted by Crippen LogP contribution is -2.25. The van der Waals surface area contributed by atoms with Gasteiger partial charge in [0.2, 0.25) is 5.91 Å². The van der Waals surface area contributed by atoms with Crippen molar-refractivity contribution in [2.24, 2.45) is 0 Å². The fourth-order valence-corrected chi connectivity index (χ4v) is 1.54. The second kappa shape index (κ2) is 3.55. The van der Waals surface area contributed by atoms with Crippen LogP contribution in [0.2, 0.25) is 0 Å². The molecule has 1 heterocycles. The highest BCUT2D eigenvalue weighted by molar-refractivity contribution is 6.15. The molecule has 16 heavy (non-hydrogen) atoms. The number of phenolic OH excluding ortho intramolecular Hbond substituents is 1. The number of phenols is 1. The van der Waals surface area contributed by atoms with Crippen molar-refractivity contribution < 1.29 is 23.5 Å². The maximum absolute atomic E-state index is 13.3. The SMILES string of the molecule is O=C1CC(=O)N(c2cc(O)c(F)cc2F)C1. The van der Waals surface area contributed by atoms with Gasteiger partial charge >= 0.3 is 0 Å². The lowest BCUT2D eigenvalue weighted by atomic mass is 10.2. The number of hydrogen-bond donors (Lipinski definition) is 1. The Labute approximate surface area is 89.1 Å². The molecule has 1 N–H and O–H groups in total. The average Bonchev–Trinajstić information content (AvgIpc) is 2.51. The molecule has 0 aromatic heterocycles. The van der Waals surface area contributed by atoms with Gasteiger partial charge in [0.25, 0.3) is 0 Å². The summed E-state index contributed by atoms with van der Waals surface area (Å²) in [6.07, 6.45) is -0.294. The van der Waals surface area contributed by atoms with Gasteiger partial charge in [0.1, 0.15) is 5.82 Å². The molecular formula is C10H7F2NO3. The lowest BCUT2D eigenvalue weighted by Gasteiger charge is -2.15. The maximum Gasteiger partial charge on any atom is 0.235 e. The maximum atomic E-state index is 13.3. The molecule has 84 valence electrons. The third kappa shape index (κ3) is 1.62. The predicted molar refractivity (Wildman–Crippen MR) is 50.0 cm³/mol. The van der Waals surface area contributed by atoms with E-state index in [1.165, 1.54) is 0 Å². The molecule has 0 bridgehead atoms. The molecule has 1 amide bonds. The van der Waals surface area contributed by atoms with E-state index >= 15 is 0 Å². The number of aromatic hydroxyl groups is 1. The van der Waals surface area contributed by atoms with Gasteiger partial charge in [-0.3, -0.25) is 9.59 Å². The average molecular weight is 227 g/mol. The van der Waals surface area contributed by atoms with E-state index < -0.39 is 23.3 Å². The first-order chi connectivity index (χ1) is 7.49. The van der Waals surface area contributed by atoms with E-state index in [0.717, 1.165) is 11.0 Å². The molecule has 1 aliphatic heterocycles. The molecule has 1 aliphatic rings. The van der Waals surface area contributed by atoms with Gasteiger partial charge in [0.15, 0.2) is 17.3 Å². The van der Waals surface area contributed by atoms with E-state index in [2.05, 4.69) is 0 Å². The Morgan fingerprint density at radius 2 is 1.88 bits per heavy atom. The van der Waals surface area contributed by atoms with Crippen molar-refractivity contribution in [2.75, 3.05) is 11.4 Å². The summed E-state index contributed by atoms with van der Waals surface area (Å²) in [5.41, 5.74) is -0.283. The summed E-state index contributed by atoms with van der Waals surface area (Å²) >= 11 is 0. The van der Waals surface area contributed by atoms with E-state index in [1.807, 2.05) is 0 Å². The molecule has 6 heteroatoms. The van der Waals surface area contributed by atoms with Gasteiger partial charge in [-0.25, -0.2) is 8.78 Å². The molecular weight excluding hydrogens is 220 g/mol. The molecule has 0 unspecified atom stereocenters. The van der Waals surface area contributed by atoms with Crippen molar-refractivity contribution in [2.45, 2.75) is 6.42 Å². The molecule has 0 aliphatic carbocycles. The van der Waals surface area contributed by atoms with Gasteiger partial charge in [-0.15, -0.1) is 0 Å². The van der Waals surface area contributed by atoms with Crippen molar-refractivity contribution in [1.82, 2.24) is 0 Å². The van der Waals surface area contributed by atoms with Crippen molar-refractivity contribution in [3.05, 3.63) is 23.8 Å². The molecule has 1 aromatic carbocycles. The first-order valence-corrected chi connectivity index (χ1v) is 4.49. The molecule has 2 rings (SSSR count). The predicted octanol–water partition coefficient (Wildman–Crippen LogP) is 0.976. The molecule has 0 atom stereocenters. The topological polar surface area (TPSA) is 57.6 Å². The number of amides is 1. The lowest BCUT2D eigenvalue weighted by molar-refractivity contribution is -0.121. The van der Waals surface area contributed by atoms with Crippen LogP contribution in [0, 0.1) is 11.6 Å². The Morgan fingerprint density at radius 3 is 2.44 bits per heavy atom. The van der Waals surface area contributed by atoms with Crippen LogP contribution in [0.5, 0.6) is 5.75 Å². The van der Waals surface area contributed by atoms with E-state index in [9.17, 15) is 18.4 Å². The van der Waals surface area contributed by atoms with Crippen LogP contribution >= 0.6 is 0 Å². The highest BCUT2D eigenvalue weighted by Crippen LogP contribution is 2.29. The third-order valence-corrected chi connectivity index (χ3v) is 2.29. The van der Waals surface area contributed by atoms with Crippen molar-refractivity contribution in [1.29, 1.82) is 0 Å². The molecule has 0 spiro atoms. The molecule has 0 radical (unpaired) electrons. The summed E-state index contributed by atoms with van der Waals surface area (Å²) in [6, 6.07) is 1.27. The molecule has 1 saturated heterocycles. The standard InChI is InChI=1S/C10H7F2NO3/c11-6-2-7(12)9(15)3-8(6)13-4-5(14)1-10(13)16/h2-3,15H,1,4H2. The van der Waals surface area contributed by atoms with Crippen molar-refractivity contribution >= 4 is 17.4 Å². The first kappa shape index (κ1) is 10.5. The number of benzene rings is 1. The second-order valence-corrected chi connectivity index (χ2v) is 3.45. The van der Waals surface area contributed by atoms with Gasteiger partial charge in [0.05, 0.1) is 18.7 Å². The van der Waals surface area contributed by atoms with Crippen LogP contribution in [-0.2, 0) is 9.59 Å². The van der Waals surface area contributed by atoms with Crippen LogP contribution in [-0.4, -0.2) is 23.3 Å². The zero-order valence-electron chi connectivity index (χ0n) is 8.04. The minimum Gasteiger partial charge on any atom is -0.505 e. The minimum atomic E-state index is -1.11. The van der Waals surface area contributed by atoms with Crippen LogP contribution in [0.1, 0.15) is 6.42 Å². The minimum absolute atomic E-state index is 0.249. The molecule has 0 saturated carbocycles. The third-order valence-electron chi connectivity index (χ3n) is 2.29. The number of hydrogen-bond acceptors (Lipinski definition) is 3. The summed E-state index contributed by atoms with van der Waals surface area (Å²) in [5, 5.41) is 9.07. The number of anilines is 1. The Morgan fingerprint density at radius 1 is 1.19 bits per heavy atom. The zero-order chi connectivity index (χ0) is 11.9. The Hall–Kier alpha value is -1.98. The van der Waals surface area contributed by atoms with Gasteiger partial charge < -0.3 is 10.0 Å². The summed E-state index contributed by atoms with van der Waals surface area (Å²) in [7, 11) is 0. The van der Waals surface area contributed by atoms with Crippen LogP contribution in [0.25, 0.3) is 0 Å². The number of rotatable bonds is 1. The second-order valence-electron chi connectivity index (χ2n) is 3.45. The smallest absolute Gasteiger partial charge is 0.235 e. The first-order valence-electron chi connectivity index (χ1n) is 4.49. The fraction of sp³-hybridized carbons (Fsp3) is 0.200. The van der Waals surface area contributed by atoms with E-state index in [4.69, 9.17) is 5.11 Å².